The maximum atomic E-state index is 12.0. The molecule has 0 aliphatic carbocycles. The Morgan fingerprint density at radius 2 is 2.10 bits per heavy atom. The molecule has 0 spiro atoms. The van der Waals surface area contributed by atoms with Gasteiger partial charge in [-0.1, -0.05) is 0 Å². The van der Waals surface area contributed by atoms with E-state index in [2.05, 4.69) is 15.1 Å². The number of methoxy groups -OCH3 is 1. The summed E-state index contributed by atoms with van der Waals surface area (Å²) in [5, 5.41) is 4.41. The van der Waals surface area contributed by atoms with Crippen LogP contribution in [0.25, 0.3) is 5.82 Å². The number of aromatic nitrogens is 4. The van der Waals surface area contributed by atoms with Gasteiger partial charge in [-0.3, -0.25) is 4.98 Å². The van der Waals surface area contributed by atoms with Gasteiger partial charge in [0.1, 0.15) is 11.4 Å². The van der Waals surface area contributed by atoms with Crippen molar-refractivity contribution in [2.75, 3.05) is 30.8 Å². The van der Waals surface area contributed by atoms with E-state index in [1.165, 1.54) is 24.2 Å². The predicted molar refractivity (Wildman–Crippen MR) is 78.5 cm³/mol. The molecular formula is C13H18N6O2. The lowest BCUT2D eigenvalue weighted by Gasteiger charge is -2.18. The largest absolute Gasteiger partial charge is 0.465 e. The number of rotatable bonds is 5. The summed E-state index contributed by atoms with van der Waals surface area (Å²) >= 11 is 0. The van der Waals surface area contributed by atoms with Crippen molar-refractivity contribution in [3.05, 3.63) is 24.2 Å². The molecule has 0 unspecified atom stereocenters. The van der Waals surface area contributed by atoms with Crippen LogP contribution in [0.3, 0.4) is 0 Å². The molecule has 8 heteroatoms. The van der Waals surface area contributed by atoms with Gasteiger partial charge in [-0.15, -0.1) is 5.10 Å². The topological polar surface area (TPSA) is 99.2 Å². The summed E-state index contributed by atoms with van der Waals surface area (Å²) in [7, 11) is 1.31. The molecule has 21 heavy (non-hydrogen) atoms. The monoisotopic (exact) mass is 290 g/mol. The Bertz CT molecular complexity index is 621. The van der Waals surface area contributed by atoms with Crippen LogP contribution in [0.15, 0.2) is 18.6 Å². The van der Waals surface area contributed by atoms with E-state index in [9.17, 15) is 4.79 Å². The zero-order valence-electron chi connectivity index (χ0n) is 12.3. The average molecular weight is 290 g/mol. The number of carbonyl (C=O) groups excluding carboxylic acids is 1. The summed E-state index contributed by atoms with van der Waals surface area (Å²) in [4.78, 5) is 22.1. The number of ether oxygens (including phenoxy) is 1. The van der Waals surface area contributed by atoms with Gasteiger partial charge in [0.15, 0.2) is 11.6 Å². The van der Waals surface area contributed by atoms with E-state index in [4.69, 9.17) is 10.5 Å². The Hall–Kier alpha value is -2.64. The minimum atomic E-state index is -0.524. The Morgan fingerprint density at radius 3 is 2.62 bits per heavy atom. The molecular weight excluding hydrogens is 272 g/mol. The second-order valence-corrected chi connectivity index (χ2v) is 4.22. The van der Waals surface area contributed by atoms with E-state index in [-0.39, 0.29) is 11.4 Å². The van der Waals surface area contributed by atoms with E-state index < -0.39 is 5.97 Å². The van der Waals surface area contributed by atoms with Crippen molar-refractivity contribution in [2.45, 2.75) is 13.8 Å². The third kappa shape index (κ3) is 2.64. The smallest absolute Gasteiger partial charge is 0.345 e. The molecule has 2 rings (SSSR count). The van der Waals surface area contributed by atoms with Gasteiger partial charge in [-0.05, 0) is 13.8 Å². The molecule has 2 aromatic heterocycles. The fourth-order valence-corrected chi connectivity index (χ4v) is 2.04. The second kappa shape index (κ2) is 6.21. The summed E-state index contributed by atoms with van der Waals surface area (Å²) in [5.74, 6) is 0.586. The van der Waals surface area contributed by atoms with E-state index in [1.54, 1.807) is 6.20 Å². The van der Waals surface area contributed by atoms with Crippen LogP contribution in [0.2, 0.25) is 0 Å². The zero-order valence-corrected chi connectivity index (χ0v) is 12.3. The molecule has 0 saturated heterocycles. The molecule has 0 amide bonds. The van der Waals surface area contributed by atoms with E-state index in [1.807, 2.05) is 18.7 Å². The number of hydrogen-bond donors (Lipinski definition) is 1. The lowest BCUT2D eigenvalue weighted by atomic mass is 10.2. The first-order valence-electron chi connectivity index (χ1n) is 6.62. The number of hydrogen-bond acceptors (Lipinski definition) is 7. The fraction of sp³-hybridized carbons (Fsp3) is 0.385. The molecule has 112 valence electrons. The molecule has 2 aromatic rings. The van der Waals surface area contributed by atoms with Gasteiger partial charge in [0, 0.05) is 25.5 Å². The van der Waals surface area contributed by atoms with Crippen molar-refractivity contribution in [2.24, 2.45) is 0 Å². The van der Waals surface area contributed by atoms with Crippen LogP contribution in [0, 0.1) is 0 Å². The standard InChI is InChI=1S/C13H18N6O2/c1-4-18(5-2)12-10(13(20)21-3)11(14)19(17-12)9-8-15-6-7-16-9/h6-8H,4-5,14H2,1-3H3. The van der Waals surface area contributed by atoms with E-state index in [0.29, 0.717) is 24.7 Å². The third-order valence-electron chi connectivity index (χ3n) is 3.12. The highest BCUT2D eigenvalue weighted by Gasteiger charge is 2.26. The van der Waals surface area contributed by atoms with Gasteiger partial charge in [-0.25, -0.2) is 9.78 Å². The Morgan fingerprint density at radius 1 is 1.38 bits per heavy atom. The Labute approximate surface area is 122 Å². The van der Waals surface area contributed by atoms with Gasteiger partial charge in [0.25, 0.3) is 0 Å². The summed E-state index contributed by atoms with van der Waals surface area (Å²) in [6.45, 7) is 5.33. The minimum Gasteiger partial charge on any atom is -0.465 e. The number of esters is 1. The fourth-order valence-electron chi connectivity index (χ4n) is 2.04. The molecule has 0 bridgehead atoms. The molecule has 0 aliphatic rings. The zero-order chi connectivity index (χ0) is 15.4. The maximum Gasteiger partial charge on any atom is 0.345 e. The number of nitrogens with two attached hydrogens (primary N) is 1. The predicted octanol–water partition coefficient (Wildman–Crippen LogP) is 0.877. The SMILES string of the molecule is CCN(CC)c1nn(-c2cnccn2)c(N)c1C(=O)OC. The second-order valence-electron chi connectivity index (χ2n) is 4.22. The minimum absolute atomic E-state index is 0.184. The number of carbonyl (C=O) groups is 1. The summed E-state index contributed by atoms with van der Waals surface area (Å²) in [6, 6.07) is 0. The number of nitrogens with zero attached hydrogens (tertiary/aromatic N) is 5. The van der Waals surface area contributed by atoms with Crippen molar-refractivity contribution < 1.29 is 9.53 Å². The first kappa shape index (κ1) is 14.8. The van der Waals surface area contributed by atoms with Gasteiger partial charge >= 0.3 is 5.97 Å². The van der Waals surface area contributed by atoms with Crippen molar-refractivity contribution in [3.63, 3.8) is 0 Å². The van der Waals surface area contributed by atoms with E-state index in [0.717, 1.165) is 0 Å². The third-order valence-corrected chi connectivity index (χ3v) is 3.12. The van der Waals surface area contributed by atoms with Crippen LogP contribution in [0.4, 0.5) is 11.6 Å². The van der Waals surface area contributed by atoms with Crippen LogP contribution in [-0.2, 0) is 4.74 Å². The molecule has 0 aromatic carbocycles. The van der Waals surface area contributed by atoms with Crippen molar-refractivity contribution in [3.8, 4) is 5.82 Å². The molecule has 8 nitrogen and oxygen atoms in total. The van der Waals surface area contributed by atoms with Crippen LogP contribution >= 0.6 is 0 Å². The summed E-state index contributed by atoms with van der Waals surface area (Å²) in [6.07, 6.45) is 4.61. The van der Waals surface area contributed by atoms with Crippen molar-refractivity contribution >= 4 is 17.6 Å². The number of anilines is 2. The quantitative estimate of drug-likeness (QED) is 0.816. The van der Waals surface area contributed by atoms with Gasteiger partial charge < -0.3 is 15.4 Å². The van der Waals surface area contributed by atoms with Crippen LogP contribution in [-0.4, -0.2) is 45.9 Å². The van der Waals surface area contributed by atoms with Gasteiger partial charge in [0.2, 0.25) is 0 Å². The molecule has 2 N–H and O–H groups in total. The lowest BCUT2D eigenvalue weighted by Crippen LogP contribution is -2.24. The number of nitrogen functional groups attached to an aromatic ring is 1. The molecule has 0 aliphatic heterocycles. The van der Waals surface area contributed by atoms with E-state index >= 15 is 0 Å². The van der Waals surface area contributed by atoms with Crippen molar-refractivity contribution in [1.82, 2.24) is 19.7 Å². The van der Waals surface area contributed by atoms with Crippen LogP contribution < -0.4 is 10.6 Å². The summed E-state index contributed by atoms with van der Waals surface area (Å²) < 4.78 is 6.21. The highest BCUT2D eigenvalue weighted by Crippen LogP contribution is 2.27. The Balaban J connectivity index is 2.62. The normalized spacial score (nSPS) is 10.4. The van der Waals surface area contributed by atoms with Gasteiger partial charge in [-0.2, -0.15) is 4.68 Å². The first-order chi connectivity index (χ1) is 10.1. The summed E-state index contributed by atoms with van der Waals surface area (Å²) in [5.41, 5.74) is 6.31. The highest BCUT2D eigenvalue weighted by molar-refractivity contribution is 6.00. The molecule has 0 saturated carbocycles. The average Bonchev–Trinajstić information content (AvgIpc) is 2.86. The molecule has 0 fully saturated rings. The highest BCUT2D eigenvalue weighted by atomic mass is 16.5. The lowest BCUT2D eigenvalue weighted by molar-refractivity contribution is 0.0602. The molecule has 2 heterocycles. The van der Waals surface area contributed by atoms with Crippen molar-refractivity contribution in [1.29, 1.82) is 0 Å². The van der Waals surface area contributed by atoms with Gasteiger partial charge in [0.05, 0.1) is 13.3 Å². The Kier molecular flexibility index (Phi) is 4.36. The van der Waals surface area contributed by atoms with Crippen LogP contribution in [0.5, 0.6) is 0 Å². The van der Waals surface area contributed by atoms with Crippen LogP contribution in [0.1, 0.15) is 24.2 Å². The molecule has 0 atom stereocenters. The first-order valence-corrected chi connectivity index (χ1v) is 6.62. The molecule has 0 radical (unpaired) electrons. The maximum absolute atomic E-state index is 12.0.